The molecule has 1 aromatic heterocycles. The van der Waals surface area contributed by atoms with Gasteiger partial charge in [-0.25, -0.2) is 4.98 Å². The Morgan fingerprint density at radius 2 is 1.51 bits per heavy atom. The Morgan fingerprint density at radius 3 is 2.15 bits per heavy atom. The van der Waals surface area contributed by atoms with Crippen LogP contribution in [0, 0.1) is 23.7 Å². The van der Waals surface area contributed by atoms with Gasteiger partial charge < -0.3 is 30.1 Å². The number of fused-ring (bicyclic) bond motifs is 5. The summed E-state index contributed by atoms with van der Waals surface area (Å²) in [6.45, 7) is 2.12. The van der Waals surface area contributed by atoms with Crippen LogP contribution in [0.1, 0.15) is 45.0 Å². The summed E-state index contributed by atoms with van der Waals surface area (Å²) in [7, 11) is 0. The van der Waals surface area contributed by atoms with Crippen molar-refractivity contribution in [3.63, 3.8) is 0 Å². The van der Waals surface area contributed by atoms with E-state index >= 15 is 0 Å². The molecule has 41 heavy (non-hydrogen) atoms. The average Bonchev–Trinajstić information content (AvgIpc) is 3.70. The number of nitrogens with one attached hydrogen (secondary N) is 3. The van der Waals surface area contributed by atoms with Gasteiger partial charge in [0.1, 0.15) is 0 Å². The van der Waals surface area contributed by atoms with Crippen molar-refractivity contribution in [2.75, 3.05) is 56.9 Å². The Bertz CT molecular complexity index is 1350. The molecule has 4 fully saturated rings. The van der Waals surface area contributed by atoms with Crippen molar-refractivity contribution in [3.8, 4) is 5.88 Å². The number of hydrazine groups is 2. The third-order valence-electron chi connectivity index (χ3n) is 9.32. The summed E-state index contributed by atoms with van der Waals surface area (Å²) in [6, 6.07) is 7.20. The molecule has 1 aromatic carbocycles. The second kappa shape index (κ2) is 10.1. The van der Waals surface area contributed by atoms with Gasteiger partial charge in [0.05, 0.1) is 16.9 Å². The highest BCUT2D eigenvalue weighted by Gasteiger charge is 2.59. The van der Waals surface area contributed by atoms with E-state index in [0.717, 1.165) is 11.4 Å². The summed E-state index contributed by atoms with van der Waals surface area (Å²) < 4.78 is 49.0. The molecule has 4 aliphatic heterocycles. The zero-order chi connectivity index (χ0) is 28.3. The molecular formula is C28H31F3N6O4. The zero-order valence-corrected chi connectivity index (χ0v) is 22.2. The van der Waals surface area contributed by atoms with Crippen LogP contribution in [-0.4, -0.2) is 78.8 Å². The fourth-order valence-electron chi connectivity index (χ4n) is 7.29. The first kappa shape index (κ1) is 26.3. The highest BCUT2D eigenvalue weighted by atomic mass is 19.4. The Hall–Kier alpha value is -3.58. The molecule has 1 aliphatic carbocycles. The molecule has 4 atom stereocenters. The number of likely N-dealkylation sites (tertiary alicyclic amines) is 2. The van der Waals surface area contributed by atoms with Gasteiger partial charge in [-0.3, -0.25) is 9.59 Å². The molecular weight excluding hydrogens is 541 g/mol. The number of aromatic nitrogens is 1. The highest BCUT2D eigenvalue weighted by molar-refractivity contribution is 5.97. The molecule has 5 aliphatic rings. The number of hydrogen-bond donors (Lipinski definition) is 3. The lowest BCUT2D eigenvalue weighted by Gasteiger charge is -2.42. The lowest BCUT2D eigenvalue weighted by Crippen LogP contribution is -2.44. The molecule has 0 spiro atoms. The van der Waals surface area contributed by atoms with E-state index in [4.69, 9.17) is 9.47 Å². The van der Waals surface area contributed by atoms with Crippen LogP contribution in [0.2, 0.25) is 0 Å². The third-order valence-corrected chi connectivity index (χ3v) is 9.32. The number of amides is 2. The second-order valence-electron chi connectivity index (χ2n) is 11.6. The van der Waals surface area contributed by atoms with Crippen LogP contribution in [-0.2, 0) is 4.74 Å². The topological polar surface area (TPSA) is 108 Å². The number of halogens is 3. The van der Waals surface area contributed by atoms with Crippen molar-refractivity contribution >= 4 is 23.2 Å². The number of nitrogens with zero attached hydrogens (tertiary/aromatic N) is 3. The van der Waals surface area contributed by atoms with Gasteiger partial charge in [0.2, 0.25) is 5.88 Å². The molecule has 7 rings (SSSR count). The highest BCUT2D eigenvalue weighted by Crippen LogP contribution is 2.54. The summed E-state index contributed by atoms with van der Waals surface area (Å²) in [6.07, 6.45) is -1.90. The van der Waals surface area contributed by atoms with Crippen LogP contribution in [0.15, 0.2) is 30.5 Å². The maximum atomic E-state index is 13.6. The minimum Gasteiger partial charge on any atom is -0.468 e. The molecule has 1 saturated carbocycles. The van der Waals surface area contributed by atoms with Crippen molar-refractivity contribution in [2.45, 2.75) is 24.9 Å². The van der Waals surface area contributed by atoms with Crippen LogP contribution in [0.25, 0.3) is 0 Å². The normalized spacial score (nSPS) is 26.9. The van der Waals surface area contributed by atoms with Gasteiger partial charge in [-0.1, -0.05) is 0 Å². The van der Waals surface area contributed by atoms with E-state index in [0.29, 0.717) is 92.6 Å². The number of carbonyl (C=O) groups excluding carboxylic acids is 2. The lowest BCUT2D eigenvalue weighted by molar-refractivity contribution is -0.154. The number of ether oxygens (including phenoxy) is 2. The van der Waals surface area contributed by atoms with Crippen molar-refractivity contribution in [2.24, 2.45) is 23.7 Å². The van der Waals surface area contributed by atoms with Crippen LogP contribution in [0.5, 0.6) is 5.88 Å². The van der Waals surface area contributed by atoms with Gasteiger partial charge in [-0.15, -0.1) is 5.53 Å². The number of alkyl halides is 3. The van der Waals surface area contributed by atoms with Crippen LogP contribution in [0.4, 0.5) is 24.5 Å². The van der Waals surface area contributed by atoms with Crippen molar-refractivity contribution in [1.82, 2.24) is 20.3 Å². The predicted octanol–water partition coefficient (Wildman–Crippen LogP) is 3.26. The van der Waals surface area contributed by atoms with Gasteiger partial charge in [0.15, 0.2) is 6.61 Å². The first-order chi connectivity index (χ1) is 19.7. The monoisotopic (exact) mass is 572 g/mol. The standard InChI is InChI=1S/C28H31F3N6O4/c29-28(30,31)14-41-25-18(15-3-5-40-6-4-15)7-17(9-32-25)27(39)37-12-21-19-10-36(11-20(19)22(21)13-37)26(38)16-1-2-23-24(8-16)34-35-33-23/h1-2,7-9,15,19-22,33-35H,3-6,10-14H2/t19-,20+,21?,22?. The Labute approximate surface area is 234 Å². The largest absolute Gasteiger partial charge is 0.468 e. The molecule has 3 saturated heterocycles. The number of anilines is 2. The molecule has 2 unspecified atom stereocenters. The van der Waals surface area contributed by atoms with E-state index in [1.165, 1.54) is 6.20 Å². The number of pyridine rings is 1. The Morgan fingerprint density at radius 1 is 0.902 bits per heavy atom. The van der Waals surface area contributed by atoms with Crippen LogP contribution < -0.4 is 21.1 Å². The minimum absolute atomic E-state index is 0.0152. The molecule has 3 N–H and O–H groups in total. The second-order valence-corrected chi connectivity index (χ2v) is 11.6. The van der Waals surface area contributed by atoms with E-state index < -0.39 is 12.8 Å². The van der Waals surface area contributed by atoms with Crippen LogP contribution in [0.3, 0.4) is 0 Å². The van der Waals surface area contributed by atoms with Crippen molar-refractivity contribution in [3.05, 3.63) is 47.2 Å². The molecule has 0 radical (unpaired) electrons. The molecule has 0 bridgehead atoms. The number of benzene rings is 1. The predicted molar refractivity (Wildman–Crippen MR) is 141 cm³/mol. The van der Waals surface area contributed by atoms with Crippen LogP contribution >= 0.6 is 0 Å². The van der Waals surface area contributed by atoms with Gasteiger partial charge in [0.25, 0.3) is 11.8 Å². The van der Waals surface area contributed by atoms with Gasteiger partial charge in [-0.05, 0) is 66.7 Å². The summed E-state index contributed by atoms with van der Waals surface area (Å²) in [5.41, 5.74) is 12.0. The van der Waals surface area contributed by atoms with Crippen molar-refractivity contribution in [1.29, 1.82) is 0 Å². The van der Waals surface area contributed by atoms with E-state index in [1.54, 1.807) is 6.07 Å². The smallest absolute Gasteiger partial charge is 0.422 e. The molecule has 13 heteroatoms. The summed E-state index contributed by atoms with van der Waals surface area (Å²) in [4.78, 5) is 34.7. The first-order valence-corrected chi connectivity index (χ1v) is 14.0. The molecule has 5 heterocycles. The summed E-state index contributed by atoms with van der Waals surface area (Å²) in [5, 5.41) is 0. The maximum absolute atomic E-state index is 13.6. The molecule has 2 aromatic rings. The van der Waals surface area contributed by atoms with E-state index in [-0.39, 0.29) is 23.6 Å². The van der Waals surface area contributed by atoms with E-state index in [9.17, 15) is 22.8 Å². The molecule has 218 valence electrons. The van der Waals surface area contributed by atoms with Gasteiger partial charge in [0, 0.05) is 56.7 Å². The molecule has 10 nitrogen and oxygen atoms in total. The Balaban J connectivity index is 1.02. The fraction of sp³-hybridized carbons (Fsp3) is 0.536. The van der Waals surface area contributed by atoms with Crippen molar-refractivity contribution < 1.29 is 32.2 Å². The molecule has 2 amide bonds. The number of carbonyl (C=O) groups is 2. The van der Waals surface area contributed by atoms with Gasteiger partial charge in [-0.2, -0.15) is 13.2 Å². The zero-order valence-electron chi connectivity index (χ0n) is 22.2. The third kappa shape index (κ3) is 4.84. The number of rotatable bonds is 5. The Kier molecular flexibility index (Phi) is 6.45. The summed E-state index contributed by atoms with van der Waals surface area (Å²) >= 11 is 0. The first-order valence-electron chi connectivity index (χ1n) is 14.0. The average molecular weight is 573 g/mol. The fourth-order valence-corrected chi connectivity index (χ4v) is 7.29. The van der Waals surface area contributed by atoms with E-state index in [1.807, 2.05) is 28.0 Å². The summed E-state index contributed by atoms with van der Waals surface area (Å²) in [5.74, 6) is 1.06. The maximum Gasteiger partial charge on any atom is 0.422 e. The number of hydrogen-bond acceptors (Lipinski definition) is 8. The van der Waals surface area contributed by atoms with Gasteiger partial charge >= 0.3 is 6.18 Å². The SMILES string of the molecule is O=C(c1cnc(OCC(F)(F)F)c(C2CCOCC2)c1)N1CC2C(C1)[C@@H]1CN(C(=O)c3ccc4c(c3)NNN4)C[C@H]21. The lowest BCUT2D eigenvalue weighted by atomic mass is 9.60. The minimum atomic E-state index is -4.48. The quantitative estimate of drug-likeness (QED) is 0.501. The van der Waals surface area contributed by atoms with E-state index in [2.05, 4.69) is 21.4 Å².